The van der Waals surface area contributed by atoms with Crippen molar-refractivity contribution in [3.05, 3.63) is 28.8 Å². The molecule has 0 aliphatic heterocycles. The number of rotatable bonds is 9. The highest BCUT2D eigenvalue weighted by Crippen LogP contribution is 2.22. The van der Waals surface area contributed by atoms with Gasteiger partial charge in [0.25, 0.3) is 0 Å². The third kappa shape index (κ3) is 6.61. The van der Waals surface area contributed by atoms with Crippen molar-refractivity contribution in [2.45, 2.75) is 53.4 Å². The van der Waals surface area contributed by atoms with E-state index in [0.717, 1.165) is 41.6 Å². The fourth-order valence-electron chi connectivity index (χ4n) is 2.79. The third-order valence-electron chi connectivity index (χ3n) is 4.01. The zero-order chi connectivity index (χ0) is 18.3. The van der Waals surface area contributed by atoms with Crippen LogP contribution in [0.4, 0.5) is 5.69 Å². The van der Waals surface area contributed by atoms with Crippen molar-refractivity contribution in [2.75, 3.05) is 24.7 Å². The maximum absolute atomic E-state index is 12.2. The number of amides is 1. The molecule has 5 nitrogen and oxygen atoms in total. The zero-order valence-electron chi connectivity index (χ0n) is 15.5. The number of carbonyl (C=O) groups excluding carboxylic acids is 1. The summed E-state index contributed by atoms with van der Waals surface area (Å²) in [5, 5.41) is 2.92. The Bertz CT molecular complexity index is 646. The number of anilines is 1. The predicted octanol–water partition coefficient (Wildman–Crippen LogP) is 3.39. The van der Waals surface area contributed by atoms with Crippen molar-refractivity contribution >= 4 is 21.6 Å². The van der Waals surface area contributed by atoms with Gasteiger partial charge in [-0.05, 0) is 38.3 Å². The van der Waals surface area contributed by atoms with E-state index < -0.39 is 10.0 Å². The van der Waals surface area contributed by atoms with E-state index in [4.69, 9.17) is 0 Å². The Kier molecular flexibility index (Phi) is 7.90. The molecule has 0 spiro atoms. The van der Waals surface area contributed by atoms with Crippen LogP contribution in [0, 0.1) is 20.8 Å². The molecule has 1 N–H and O–H groups in total. The smallest absolute Gasteiger partial charge is 0.225 e. The van der Waals surface area contributed by atoms with Crippen LogP contribution in [0.3, 0.4) is 0 Å². The van der Waals surface area contributed by atoms with E-state index in [1.807, 2.05) is 32.9 Å². The Balaban J connectivity index is 2.67. The van der Waals surface area contributed by atoms with Crippen molar-refractivity contribution < 1.29 is 13.2 Å². The lowest BCUT2D eigenvalue weighted by Gasteiger charge is -2.20. The summed E-state index contributed by atoms with van der Waals surface area (Å²) in [5.41, 5.74) is 4.01. The minimum atomic E-state index is -3.28. The molecule has 0 atom stereocenters. The number of unbranched alkanes of at least 4 members (excludes halogenated alkanes) is 2. The van der Waals surface area contributed by atoms with Crippen molar-refractivity contribution in [1.29, 1.82) is 0 Å². The van der Waals surface area contributed by atoms with Gasteiger partial charge in [-0.15, -0.1) is 0 Å². The van der Waals surface area contributed by atoms with E-state index in [9.17, 15) is 13.2 Å². The standard InChI is InChI=1S/C18H30N2O3S/c1-6-7-8-10-20(24(5,22)23)11-9-17(21)19-18-15(3)12-14(2)13-16(18)4/h12-13H,6-11H2,1-5H3,(H,19,21). The van der Waals surface area contributed by atoms with E-state index in [-0.39, 0.29) is 18.9 Å². The van der Waals surface area contributed by atoms with Crippen molar-refractivity contribution in [3.63, 3.8) is 0 Å². The number of hydrogen-bond donors (Lipinski definition) is 1. The molecule has 0 saturated carbocycles. The van der Waals surface area contributed by atoms with E-state index in [0.29, 0.717) is 6.54 Å². The molecule has 0 aromatic heterocycles. The summed E-state index contributed by atoms with van der Waals surface area (Å²) in [5.74, 6) is -0.158. The highest BCUT2D eigenvalue weighted by molar-refractivity contribution is 7.88. The minimum absolute atomic E-state index is 0.158. The van der Waals surface area contributed by atoms with E-state index in [2.05, 4.69) is 12.2 Å². The van der Waals surface area contributed by atoms with Crippen molar-refractivity contribution in [1.82, 2.24) is 4.31 Å². The molecule has 24 heavy (non-hydrogen) atoms. The van der Waals surface area contributed by atoms with Crippen LogP contribution in [0.15, 0.2) is 12.1 Å². The molecule has 1 amide bonds. The summed E-state index contributed by atoms with van der Waals surface area (Å²) in [6.07, 6.45) is 4.20. The Morgan fingerprint density at radius 2 is 1.67 bits per heavy atom. The summed E-state index contributed by atoms with van der Waals surface area (Å²) in [4.78, 5) is 12.2. The van der Waals surface area contributed by atoms with Gasteiger partial charge in [0, 0.05) is 25.2 Å². The van der Waals surface area contributed by atoms with Crippen LogP contribution in [0.25, 0.3) is 0 Å². The number of benzene rings is 1. The number of sulfonamides is 1. The van der Waals surface area contributed by atoms with E-state index >= 15 is 0 Å². The second-order valence-corrected chi connectivity index (χ2v) is 8.42. The second-order valence-electron chi connectivity index (χ2n) is 6.44. The molecule has 1 aromatic rings. The third-order valence-corrected chi connectivity index (χ3v) is 5.31. The number of hydrogen-bond acceptors (Lipinski definition) is 3. The first-order chi connectivity index (χ1) is 11.1. The first kappa shape index (κ1) is 20.6. The van der Waals surface area contributed by atoms with Gasteiger partial charge in [-0.3, -0.25) is 4.79 Å². The average Bonchev–Trinajstić information content (AvgIpc) is 2.45. The largest absolute Gasteiger partial charge is 0.326 e. The first-order valence-corrected chi connectivity index (χ1v) is 10.3. The highest BCUT2D eigenvalue weighted by atomic mass is 32.2. The molecule has 0 fully saturated rings. The number of nitrogens with zero attached hydrogens (tertiary/aromatic N) is 1. The molecule has 0 unspecified atom stereocenters. The zero-order valence-corrected chi connectivity index (χ0v) is 16.3. The molecular weight excluding hydrogens is 324 g/mol. The quantitative estimate of drug-likeness (QED) is 0.691. The molecule has 0 heterocycles. The summed E-state index contributed by atoms with van der Waals surface area (Å²) in [6.45, 7) is 8.71. The Morgan fingerprint density at radius 3 is 2.17 bits per heavy atom. The van der Waals surface area contributed by atoms with Gasteiger partial charge in [0.15, 0.2) is 0 Å². The Morgan fingerprint density at radius 1 is 1.08 bits per heavy atom. The summed E-state index contributed by atoms with van der Waals surface area (Å²) < 4.78 is 25.1. The van der Waals surface area contributed by atoms with Gasteiger partial charge in [-0.1, -0.05) is 37.5 Å². The van der Waals surface area contributed by atoms with Gasteiger partial charge in [0.2, 0.25) is 15.9 Å². The normalized spacial score (nSPS) is 11.8. The fourth-order valence-corrected chi connectivity index (χ4v) is 3.67. The Labute approximate surface area is 146 Å². The summed E-state index contributed by atoms with van der Waals surface area (Å²) >= 11 is 0. The van der Waals surface area contributed by atoms with Crippen molar-refractivity contribution in [3.8, 4) is 0 Å². The van der Waals surface area contributed by atoms with Crippen molar-refractivity contribution in [2.24, 2.45) is 0 Å². The molecule has 0 radical (unpaired) electrons. The van der Waals surface area contributed by atoms with Crippen LogP contribution in [-0.4, -0.2) is 38.0 Å². The molecule has 1 aromatic carbocycles. The van der Waals surface area contributed by atoms with Gasteiger partial charge in [-0.2, -0.15) is 0 Å². The highest BCUT2D eigenvalue weighted by Gasteiger charge is 2.18. The summed E-state index contributed by atoms with van der Waals surface area (Å²) in [6, 6.07) is 4.05. The minimum Gasteiger partial charge on any atom is -0.326 e. The molecule has 0 aliphatic rings. The first-order valence-electron chi connectivity index (χ1n) is 8.48. The average molecular weight is 355 g/mol. The van der Waals surface area contributed by atoms with Gasteiger partial charge < -0.3 is 5.32 Å². The molecule has 1 rings (SSSR count). The number of carbonyl (C=O) groups is 1. The van der Waals surface area contributed by atoms with Gasteiger partial charge in [0.1, 0.15) is 0 Å². The van der Waals surface area contributed by atoms with Gasteiger partial charge >= 0.3 is 0 Å². The number of nitrogens with one attached hydrogen (secondary N) is 1. The predicted molar refractivity (Wildman–Crippen MR) is 99.8 cm³/mol. The molecule has 6 heteroatoms. The topological polar surface area (TPSA) is 66.5 Å². The van der Waals surface area contributed by atoms with E-state index in [1.54, 1.807) is 0 Å². The number of aryl methyl sites for hydroxylation is 3. The fraction of sp³-hybridized carbons (Fsp3) is 0.611. The molecule has 0 saturated heterocycles. The molecule has 0 bridgehead atoms. The molecule has 136 valence electrons. The maximum atomic E-state index is 12.2. The lowest BCUT2D eigenvalue weighted by Crippen LogP contribution is -2.34. The monoisotopic (exact) mass is 354 g/mol. The SMILES string of the molecule is CCCCCN(CCC(=O)Nc1c(C)cc(C)cc1C)S(C)(=O)=O. The Hall–Kier alpha value is -1.40. The molecular formula is C18H30N2O3S. The van der Waals surface area contributed by atoms with Gasteiger partial charge in [0.05, 0.1) is 6.26 Å². The van der Waals surface area contributed by atoms with E-state index in [1.165, 1.54) is 10.6 Å². The van der Waals surface area contributed by atoms with Gasteiger partial charge in [-0.25, -0.2) is 12.7 Å². The van der Waals surface area contributed by atoms with Crippen LogP contribution < -0.4 is 5.32 Å². The van der Waals surface area contributed by atoms with Crippen LogP contribution in [0.5, 0.6) is 0 Å². The maximum Gasteiger partial charge on any atom is 0.225 e. The summed E-state index contributed by atoms with van der Waals surface area (Å²) in [7, 11) is -3.28. The van der Waals surface area contributed by atoms with Crippen LogP contribution in [0.1, 0.15) is 49.3 Å². The van der Waals surface area contributed by atoms with Crippen LogP contribution in [0.2, 0.25) is 0 Å². The van der Waals surface area contributed by atoms with Crippen LogP contribution >= 0.6 is 0 Å². The molecule has 0 aliphatic carbocycles. The van der Waals surface area contributed by atoms with Crippen LogP contribution in [-0.2, 0) is 14.8 Å². The second kappa shape index (κ2) is 9.18. The lowest BCUT2D eigenvalue weighted by molar-refractivity contribution is -0.116. The lowest BCUT2D eigenvalue weighted by atomic mass is 10.1.